The third-order valence-corrected chi connectivity index (χ3v) is 3.76. The van der Waals surface area contributed by atoms with Crippen molar-refractivity contribution in [1.29, 1.82) is 0 Å². The minimum Gasteiger partial charge on any atom is -0.492 e. The molecule has 0 saturated carbocycles. The highest BCUT2D eigenvalue weighted by molar-refractivity contribution is 9.10. The molecule has 0 unspecified atom stereocenters. The summed E-state index contributed by atoms with van der Waals surface area (Å²) in [6.07, 6.45) is 1.23. The maximum Gasteiger partial charge on any atom is 0.220 e. The van der Waals surface area contributed by atoms with Gasteiger partial charge in [-0.3, -0.25) is 4.79 Å². The van der Waals surface area contributed by atoms with E-state index in [-0.39, 0.29) is 5.91 Å². The van der Waals surface area contributed by atoms with Gasteiger partial charge in [0.1, 0.15) is 5.75 Å². The summed E-state index contributed by atoms with van der Waals surface area (Å²) in [5.41, 5.74) is 1.28. The van der Waals surface area contributed by atoms with Crippen molar-refractivity contribution < 1.29 is 9.53 Å². The number of rotatable bonds is 8. The molecule has 0 spiro atoms. The monoisotopic (exact) mass is 355 g/mol. The van der Waals surface area contributed by atoms with Crippen molar-refractivity contribution in [2.45, 2.75) is 46.5 Å². The van der Waals surface area contributed by atoms with Crippen LogP contribution in [0.3, 0.4) is 0 Å². The van der Waals surface area contributed by atoms with Gasteiger partial charge in [0, 0.05) is 13.0 Å². The molecule has 0 atom stereocenters. The fourth-order valence-electron chi connectivity index (χ4n) is 1.81. The number of amides is 1. The summed E-state index contributed by atoms with van der Waals surface area (Å²) in [7, 11) is 0. The Morgan fingerprint density at radius 3 is 2.57 bits per heavy atom. The predicted molar refractivity (Wildman–Crippen MR) is 90.8 cm³/mol. The van der Waals surface area contributed by atoms with Crippen LogP contribution in [0.25, 0.3) is 0 Å². The van der Waals surface area contributed by atoms with Gasteiger partial charge >= 0.3 is 0 Å². The van der Waals surface area contributed by atoms with Gasteiger partial charge in [0.05, 0.1) is 11.1 Å². The molecule has 1 aromatic rings. The maximum atomic E-state index is 11.6. The summed E-state index contributed by atoms with van der Waals surface area (Å²) in [5, 5.41) is 2.91. The molecule has 0 saturated heterocycles. The zero-order valence-corrected chi connectivity index (χ0v) is 15.0. The predicted octanol–water partition coefficient (Wildman–Crippen LogP) is 4.50. The van der Waals surface area contributed by atoms with E-state index in [0.29, 0.717) is 24.9 Å². The van der Waals surface area contributed by atoms with Crippen LogP contribution >= 0.6 is 15.9 Å². The van der Waals surface area contributed by atoms with Crippen molar-refractivity contribution in [1.82, 2.24) is 5.32 Å². The molecule has 0 heterocycles. The van der Waals surface area contributed by atoms with E-state index < -0.39 is 0 Å². The van der Waals surface area contributed by atoms with Crippen molar-refractivity contribution >= 4 is 21.8 Å². The Kier molecular flexibility index (Phi) is 7.79. The molecule has 21 heavy (non-hydrogen) atoms. The van der Waals surface area contributed by atoms with Gasteiger partial charge in [0.25, 0.3) is 0 Å². The fourth-order valence-corrected chi connectivity index (χ4v) is 2.33. The van der Waals surface area contributed by atoms with Gasteiger partial charge in [0.2, 0.25) is 5.91 Å². The van der Waals surface area contributed by atoms with Crippen LogP contribution in [0.15, 0.2) is 22.7 Å². The van der Waals surface area contributed by atoms with E-state index in [4.69, 9.17) is 4.74 Å². The molecule has 0 bridgehead atoms. The van der Waals surface area contributed by atoms with Crippen LogP contribution in [0, 0.1) is 5.92 Å². The van der Waals surface area contributed by atoms with E-state index in [0.717, 1.165) is 23.2 Å². The van der Waals surface area contributed by atoms with Gasteiger partial charge in [-0.15, -0.1) is 0 Å². The lowest BCUT2D eigenvalue weighted by atomic mass is 10.0. The highest BCUT2D eigenvalue weighted by Crippen LogP contribution is 2.28. The average molecular weight is 356 g/mol. The number of nitrogens with one attached hydrogen (secondary N) is 1. The smallest absolute Gasteiger partial charge is 0.220 e. The normalized spacial score (nSPS) is 11.0. The summed E-state index contributed by atoms with van der Waals surface area (Å²) in [6, 6.07) is 6.16. The number of hydrogen-bond acceptors (Lipinski definition) is 2. The molecule has 0 aromatic heterocycles. The second-order valence-electron chi connectivity index (χ2n) is 5.99. The first kappa shape index (κ1) is 18.0. The fraction of sp³-hybridized carbons (Fsp3) is 0.588. The maximum absolute atomic E-state index is 11.6. The standard InChI is InChI=1S/C17H26BrNO2/c1-12(2)11-19-17(20)6-5-9-21-16-8-7-14(13(3)4)10-15(16)18/h7-8,10,12-13H,5-6,9,11H2,1-4H3,(H,19,20). The molecule has 1 N–H and O–H groups in total. The lowest BCUT2D eigenvalue weighted by molar-refractivity contribution is -0.121. The van der Waals surface area contributed by atoms with Gasteiger partial charge in [-0.1, -0.05) is 33.8 Å². The number of halogens is 1. The summed E-state index contributed by atoms with van der Waals surface area (Å²) >= 11 is 3.53. The van der Waals surface area contributed by atoms with Crippen LogP contribution in [-0.2, 0) is 4.79 Å². The number of benzene rings is 1. The number of carbonyl (C=O) groups is 1. The van der Waals surface area contributed by atoms with E-state index in [9.17, 15) is 4.79 Å². The Balaban J connectivity index is 2.31. The molecule has 0 radical (unpaired) electrons. The first-order chi connectivity index (χ1) is 9.90. The highest BCUT2D eigenvalue weighted by atomic mass is 79.9. The second kappa shape index (κ2) is 9.08. The third kappa shape index (κ3) is 6.98. The lowest BCUT2D eigenvalue weighted by Crippen LogP contribution is -2.27. The first-order valence-corrected chi connectivity index (χ1v) is 8.38. The van der Waals surface area contributed by atoms with Gasteiger partial charge < -0.3 is 10.1 Å². The summed E-state index contributed by atoms with van der Waals surface area (Å²) < 4.78 is 6.69. The summed E-state index contributed by atoms with van der Waals surface area (Å²) in [6.45, 7) is 9.79. The first-order valence-electron chi connectivity index (χ1n) is 7.59. The van der Waals surface area contributed by atoms with Crippen LogP contribution in [0.2, 0.25) is 0 Å². The second-order valence-corrected chi connectivity index (χ2v) is 6.85. The quantitative estimate of drug-likeness (QED) is 0.697. The Bertz CT molecular complexity index is 458. The molecule has 4 heteroatoms. The average Bonchev–Trinajstić information content (AvgIpc) is 2.42. The van der Waals surface area contributed by atoms with Gasteiger partial charge in [-0.2, -0.15) is 0 Å². The SMILES string of the molecule is CC(C)CNC(=O)CCCOc1ccc(C(C)C)cc1Br. The Morgan fingerprint density at radius 2 is 2.00 bits per heavy atom. The van der Waals surface area contributed by atoms with E-state index in [1.807, 2.05) is 6.07 Å². The minimum absolute atomic E-state index is 0.0986. The third-order valence-electron chi connectivity index (χ3n) is 3.14. The molecule has 1 rings (SSSR count). The topological polar surface area (TPSA) is 38.3 Å². The van der Waals surface area contributed by atoms with Crippen LogP contribution < -0.4 is 10.1 Å². The number of ether oxygens (including phenoxy) is 1. The molecule has 0 fully saturated rings. The summed E-state index contributed by atoms with van der Waals surface area (Å²) in [4.78, 5) is 11.6. The molecule has 1 aromatic carbocycles. The van der Waals surface area contributed by atoms with Gasteiger partial charge in [0.15, 0.2) is 0 Å². The van der Waals surface area contributed by atoms with Crippen molar-refractivity contribution in [3.05, 3.63) is 28.2 Å². The molecule has 118 valence electrons. The molecule has 0 aliphatic rings. The lowest BCUT2D eigenvalue weighted by Gasteiger charge is -2.11. The zero-order valence-electron chi connectivity index (χ0n) is 13.4. The van der Waals surface area contributed by atoms with E-state index in [1.165, 1.54) is 5.56 Å². The van der Waals surface area contributed by atoms with E-state index in [1.54, 1.807) is 0 Å². The van der Waals surface area contributed by atoms with Gasteiger partial charge in [-0.05, 0) is 51.9 Å². The number of hydrogen-bond donors (Lipinski definition) is 1. The Morgan fingerprint density at radius 1 is 1.29 bits per heavy atom. The number of carbonyl (C=O) groups excluding carboxylic acids is 1. The van der Waals surface area contributed by atoms with Crippen LogP contribution in [0.5, 0.6) is 5.75 Å². The molecule has 1 amide bonds. The molecule has 0 aliphatic carbocycles. The molecular weight excluding hydrogens is 330 g/mol. The van der Waals surface area contributed by atoms with E-state index in [2.05, 4.69) is 61.1 Å². The Hall–Kier alpha value is -1.03. The van der Waals surface area contributed by atoms with Crippen molar-refractivity contribution in [3.8, 4) is 5.75 Å². The Labute approximate surface area is 136 Å². The van der Waals surface area contributed by atoms with Crippen LogP contribution in [0.1, 0.15) is 52.0 Å². The minimum atomic E-state index is 0.0986. The van der Waals surface area contributed by atoms with E-state index >= 15 is 0 Å². The largest absolute Gasteiger partial charge is 0.492 e. The van der Waals surface area contributed by atoms with Gasteiger partial charge in [-0.25, -0.2) is 0 Å². The molecule has 3 nitrogen and oxygen atoms in total. The van der Waals surface area contributed by atoms with Crippen LogP contribution in [-0.4, -0.2) is 19.1 Å². The highest BCUT2D eigenvalue weighted by Gasteiger charge is 2.06. The van der Waals surface area contributed by atoms with Crippen LogP contribution in [0.4, 0.5) is 0 Å². The summed E-state index contributed by atoms with van der Waals surface area (Å²) in [5.74, 6) is 1.92. The van der Waals surface area contributed by atoms with Crippen molar-refractivity contribution in [2.75, 3.05) is 13.2 Å². The molecular formula is C17H26BrNO2. The van der Waals surface area contributed by atoms with Crippen molar-refractivity contribution in [2.24, 2.45) is 5.92 Å². The zero-order chi connectivity index (χ0) is 15.8. The van der Waals surface area contributed by atoms with Crippen molar-refractivity contribution in [3.63, 3.8) is 0 Å². The molecule has 0 aliphatic heterocycles.